The van der Waals surface area contributed by atoms with Gasteiger partial charge in [-0.05, 0) is 53.4 Å². The first kappa shape index (κ1) is 9.99. The fourth-order valence-electron chi connectivity index (χ4n) is 1.76. The van der Waals surface area contributed by atoms with Crippen LogP contribution in [0.5, 0.6) is 5.75 Å². The monoisotopic (exact) mass is 256 g/mol. The van der Waals surface area contributed by atoms with Gasteiger partial charge in [-0.25, -0.2) is 0 Å². The lowest BCUT2D eigenvalue weighted by Gasteiger charge is -2.13. The Bertz CT molecular complexity index is 349. The summed E-state index contributed by atoms with van der Waals surface area (Å²) < 4.78 is 6.54. The molecule has 0 saturated heterocycles. The van der Waals surface area contributed by atoms with Gasteiger partial charge in [-0.2, -0.15) is 0 Å². The van der Waals surface area contributed by atoms with Crippen LogP contribution in [-0.2, 0) is 0 Å². The number of hydrogen-bond acceptors (Lipinski definition) is 2. The molecule has 2 rings (SSSR count). The van der Waals surface area contributed by atoms with Crippen molar-refractivity contribution in [2.75, 3.05) is 6.61 Å². The lowest BCUT2D eigenvalue weighted by Crippen LogP contribution is -1.98. The van der Waals surface area contributed by atoms with Crippen molar-refractivity contribution >= 4 is 15.9 Å². The van der Waals surface area contributed by atoms with E-state index in [2.05, 4.69) is 15.9 Å². The molecule has 0 radical (unpaired) electrons. The molecule has 0 bridgehead atoms. The molecule has 0 unspecified atom stereocenters. The normalized spacial score (nSPS) is 20.9. The number of halogens is 1. The summed E-state index contributed by atoms with van der Waals surface area (Å²) in [5, 5.41) is 9.89. The van der Waals surface area contributed by atoms with Gasteiger partial charge >= 0.3 is 0 Å². The van der Waals surface area contributed by atoms with Crippen molar-refractivity contribution < 1.29 is 9.84 Å². The average molecular weight is 257 g/mol. The van der Waals surface area contributed by atoms with Crippen LogP contribution >= 0.6 is 15.9 Å². The summed E-state index contributed by atoms with van der Waals surface area (Å²) >= 11 is 3.46. The second-order valence-electron chi connectivity index (χ2n) is 3.67. The van der Waals surface area contributed by atoms with Crippen molar-refractivity contribution in [3.05, 3.63) is 27.7 Å². The topological polar surface area (TPSA) is 29.5 Å². The predicted octanol–water partition coefficient (Wildman–Crippen LogP) is 2.96. The summed E-state index contributed by atoms with van der Waals surface area (Å²) in [6, 6.07) is 4.01. The van der Waals surface area contributed by atoms with Crippen molar-refractivity contribution in [3.63, 3.8) is 0 Å². The molecule has 1 aromatic carbocycles. The van der Waals surface area contributed by atoms with Gasteiger partial charge in [-0.15, -0.1) is 0 Å². The van der Waals surface area contributed by atoms with E-state index in [1.807, 2.05) is 19.1 Å². The highest BCUT2D eigenvalue weighted by Crippen LogP contribution is 2.37. The Morgan fingerprint density at radius 2 is 2.29 bits per heavy atom. The maximum absolute atomic E-state index is 9.89. The highest BCUT2D eigenvalue weighted by atomic mass is 79.9. The Labute approximate surface area is 92.0 Å². The molecule has 0 amide bonds. The molecular weight excluding hydrogens is 244 g/mol. The van der Waals surface area contributed by atoms with Gasteiger partial charge < -0.3 is 9.84 Å². The van der Waals surface area contributed by atoms with Crippen molar-refractivity contribution in [2.45, 2.75) is 25.9 Å². The Morgan fingerprint density at radius 1 is 1.50 bits per heavy atom. The third kappa shape index (κ3) is 1.79. The lowest BCUT2D eigenvalue weighted by molar-refractivity contribution is 0.167. The van der Waals surface area contributed by atoms with E-state index in [9.17, 15) is 5.11 Å². The van der Waals surface area contributed by atoms with E-state index in [4.69, 9.17) is 4.74 Å². The van der Waals surface area contributed by atoms with Crippen molar-refractivity contribution in [1.29, 1.82) is 0 Å². The van der Waals surface area contributed by atoms with Gasteiger partial charge in [0.1, 0.15) is 5.75 Å². The molecule has 0 aromatic heterocycles. The Morgan fingerprint density at radius 3 is 3.07 bits per heavy atom. The quantitative estimate of drug-likeness (QED) is 0.774. The van der Waals surface area contributed by atoms with Crippen LogP contribution in [0.25, 0.3) is 0 Å². The van der Waals surface area contributed by atoms with Gasteiger partial charge in [-0.3, -0.25) is 0 Å². The first-order valence-electron chi connectivity index (χ1n) is 4.79. The summed E-state index contributed by atoms with van der Waals surface area (Å²) in [7, 11) is 0. The first-order chi connectivity index (χ1) is 6.68. The van der Waals surface area contributed by atoms with Crippen LogP contribution in [0, 0.1) is 6.92 Å². The fraction of sp³-hybridized carbons (Fsp3) is 0.455. The van der Waals surface area contributed by atoms with Crippen LogP contribution < -0.4 is 4.74 Å². The molecule has 1 aliphatic rings. The molecular formula is C11H13BrO2. The summed E-state index contributed by atoms with van der Waals surface area (Å²) in [5.74, 6) is 0.806. The molecule has 0 saturated carbocycles. The van der Waals surface area contributed by atoms with Crippen molar-refractivity contribution in [2.24, 2.45) is 0 Å². The Hall–Kier alpha value is -0.540. The average Bonchev–Trinajstić information content (AvgIpc) is 2.29. The minimum absolute atomic E-state index is 0.385. The highest BCUT2D eigenvalue weighted by Gasteiger charge is 2.19. The second-order valence-corrected chi connectivity index (χ2v) is 4.53. The van der Waals surface area contributed by atoms with Crippen LogP contribution in [0.3, 0.4) is 0 Å². The standard InChI is InChI=1S/C11H13BrO2/c1-7-5-8-10(13)3-2-4-14-11(8)9(12)6-7/h5-6,10,13H,2-4H2,1H3/t10-/m0/s1. The van der Waals surface area contributed by atoms with Gasteiger partial charge in [0.2, 0.25) is 0 Å². The van der Waals surface area contributed by atoms with E-state index in [1.165, 1.54) is 0 Å². The predicted molar refractivity (Wildman–Crippen MR) is 58.6 cm³/mol. The molecule has 1 N–H and O–H groups in total. The van der Waals surface area contributed by atoms with Gasteiger partial charge in [0, 0.05) is 5.56 Å². The van der Waals surface area contributed by atoms with E-state index in [1.54, 1.807) is 0 Å². The number of rotatable bonds is 0. The molecule has 1 atom stereocenters. The zero-order valence-electron chi connectivity index (χ0n) is 8.09. The first-order valence-corrected chi connectivity index (χ1v) is 5.58. The fourth-order valence-corrected chi connectivity index (χ4v) is 2.47. The van der Waals surface area contributed by atoms with E-state index >= 15 is 0 Å². The lowest BCUT2D eigenvalue weighted by atomic mass is 10.0. The maximum atomic E-state index is 9.89. The number of aliphatic hydroxyl groups is 1. The smallest absolute Gasteiger partial charge is 0.139 e. The zero-order valence-corrected chi connectivity index (χ0v) is 9.67. The van der Waals surface area contributed by atoms with Crippen molar-refractivity contribution in [1.82, 2.24) is 0 Å². The number of hydrogen-bond donors (Lipinski definition) is 1. The molecule has 1 aromatic rings. The van der Waals surface area contributed by atoms with E-state index in [0.717, 1.165) is 34.2 Å². The third-order valence-corrected chi connectivity index (χ3v) is 3.03. The number of aliphatic hydroxyl groups excluding tert-OH is 1. The summed E-state index contributed by atoms with van der Waals surface area (Å²) in [6.07, 6.45) is 1.30. The molecule has 3 heteroatoms. The van der Waals surface area contributed by atoms with Gasteiger partial charge in [0.05, 0.1) is 17.2 Å². The van der Waals surface area contributed by atoms with E-state index in [0.29, 0.717) is 6.61 Å². The highest BCUT2D eigenvalue weighted by molar-refractivity contribution is 9.10. The Balaban J connectivity index is 2.53. The van der Waals surface area contributed by atoms with Crippen LogP contribution in [0.4, 0.5) is 0 Å². The van der Waals surface area contributed by atoms with Crippen molar-refractivity contribution in [3.8, 4) is 5.75 Å². The number of aryl methyl sites for hydroxylation is 1. The molecule has 0 spiro atoms. The van der Waals surface area contributed by atoms with Gasteiger partial charge in [-0.1, -0.05) is 0 Å². The van der Waals surface area contributed by atoms with Crippen LogP contribution in [0.15, 0.2) is 16.6 Å². The summed E-state index contributed by atoms with van der Waals surface area (Å²) in [4.78, 5) is 0. The zero-order chi connectivity index (χ0) is 10.1. The largest absolute Gasteiger partial charge is 0.492 e. The minimum atomic E-state index is -0.385. The molecule has 76 valence electrons. The Kier molecular flexibility index (Phi) is 2.79. The van der Waals surface area contributed by atoms with E-state index < -0.39 is 0 Å². The maximum Gasteiger partial charge on any atom is 0.139 e. The number of fused-ring (bicyclic) bond motifs is 1. The van der Waals surface area contributed by atoms with E-state index in [-0.39, 0.29) is 6.10 Å². The summed E-state index contributed by atoms with van der Waals surface area (Å²) in [5.41, 5.74) is 2.05. The van der Waals surface area contributed by atoms with Crippen LogP contribution in [0.1, 0.15) is 30.1 Å². The molecule has 1 aliphatic heterocycles. The molecule has 2 nitrogen and oxygen atoms in total. The van der Waals surface area contributed by atoms with Crippen LogP contribution in [0.2, 0.25) is 0 Å². The van der Waals surface area contributed by atoms with Crippen LogP contribution in [-0.4, -0.2) is 11.7 Å². The SMILES string of the molecule is Cc1cc(Br)c2c(c1)[C@@H](O)CCCO2. The molecule has 1 heterocycles. The number of benzene rings is 1. The summed E-state index contributed by atoms with van der Waals surface area (Å²) in [6.45, 7) is 2.70. The number of ether oxygens (including phenoxy) is 1. The van der Waals surface area contributed by atoms with Gasteiger partial charge in [0.15, 0.2) is 0 Å². The molecule has 14 heavy (non-hydrogen) atoms. The molecule has 0 aliphatic carbocycles. The minimum Gasteiger partial charge on any atom is -0.492 e. The molecule has 0 fully saturated rings. The second kappa shape index (κ2) is 3.91. The van der Waals surface area contributed by atoms with Gasteiger partial charge in [0.25, 0.3) is 0 Å². The third-order valence-electron chi connectivity index (χ3n) is 2.44.